The molecule has 0 unspecified atom stereocenters. The number of ether oxygens (including phenoxy) is 1. The molecule has 7 heterocycles. The molecule has 5 aliphatic rings. The third-order valence-electron chi connectivity index (χ3n) is 12.0. The number of imide groups is 1. The molecule has 55 heavy (non-hydrogen) atoms. The minimum absolute atomic E-state index is 0.139. The third kappa shape index (κ3) is 6.39. The largest absolute Gasteiger partial charge is 0.504 e. The molecule has 3 fully saturated rings. The number of anilines is 2. The molecule has 2 aromatic carbocycles. The van der Waals surface area contributed by atoms with E-state index in [9.17, 15) is 23.9 Å². The Morgan fingerprint density at radius 2 is 1.89 bits per heavy atom. The number of fused-ring (bicyclic) bond motifs is 4. The van der Waals surface area contributed by atoms with Crippen LogP contribution in [0.3, 0.4) is 0 Å². The second-order valence-electron chi connectivity index (χ2n) is 15.6. The zero-order valence-electron chi connectivity index (χ0n) is 30.7. The molecule has 14 nitrogen and oxygen atoms in total. The molecule has 3 N–H and O–H groups in total. The number of halogens is 1. The maximum atomic E-state index is 14.1. The van der Waals surface area contributed by atoms with Gasteiger partial charge in [-0.3, -0.25) is 24.6 Å². The molecule has 2 aromatic heterocycles. The van der Waals surface area contributed by atoms with Crippen LogP contribution in [0.25, 0.3) is 11.3 Å². The lowest BCUT2D eigenvalue weighted by molar-refractivity contribution is -0.136. The molecule has 0 saturated carbocycles. The van der Waals surface area contributed by atoms with E-state index in [1.54, 1.807) is 11.0 Å². The molecule has 15 heteroatoms. The van der Waals surface area contributed by atoms with E-state index in [1.807, 2.05) is 31.3 Å². The zero-order chi connectivity index (χ0) is 38.0. The van der Waals surface area contributed by atoms with Gasteiger partial charge in [-0.05, 0) is 87.5 Å². The number of nitrogens with zero attached hydrogens (tertiary/aromatic N) is 7. The van der Waals surface area contributed by atoms with E-state index in [1.165, 1.54) is 12.1 Å². The molecule has 3 amide bonds. The highest BCUT2D eigenvalue weighted by atomic mass is 19.1. The summed E-state index contributed by atoms with van der Waals surface area (Å²) in [6.45, 7) is 8.26. The Labute approximate surface area is 317 Å². The number of nitrogens with one attached hydrogen (secondary N) is 2. The van der Waals surface area contributed by atoms with Gasteiger partial charge in [0.1, 0.15) is 12.1 Å². The predicted molar refractivity (Wildman–Crippen MR) is 199 cm³/mol. The maximum absolute atomic E-state index is 14.1. The van der Waals surface area contributed by atoms with E-state index in [0.717, 1.165) is 67.0 Å². The Hall–Kier alpha value is -5.70. The topological polar surface area (TPSA) is 166 Å². The Morgan fingerprint density at radius 3 is 2.69 bits per heavy atom. The number of hydrogen-bond acceptors (Lipinski definition) is 12. The van der Waals surface area contributed by atoms with Crippen LogP contribution in [-0.2, 0) is 22.7 Å². The number of benzene rings is 2. The number of phenolic OH excluding ortho intramolecular Hbond substituents is 1. The second-order valence-corrected chi connectivity index (χ2v) is 15.6. The van der Waals surface area contributed by atoms with Gasteiger partial charge in [-0.15, -0.1) is 10.2 Å². The van der Waals surface area contributed by atoms with Crippen LogP contribution in [0.1, 0.15) is 77.7 Å². The summed E-state index contributed by atoms with van der Waals surface area (Å²) in [6.07, 6.45) is 4.90. The first-order valence-electron chi connectivity index (χ1n) is 18.9. The number of carbonyl (C=O) groups excluding carboxylic acids is 3. The van der Waals surface area contributed by atoms with E-state index in [-0.39, 0.29) is 35.4 Å². The number of hydrogen-bond donors (Lipinski definition) is 3. The lowest BCUT2D eigenvalue weighted by atomic mass is 9.87. The fraction of sp³-hybridized carbons (Fsp3) is 0.425. The molecule has 284 valence electrons. The third-order valence-corrected chi connectivity index (χ3v) is 12.0. The molecule has 4 aromatic rings. The minimum Gasteiger partial charge on any atom is -0.504 e. The van der Waals surface area contributed by atoms with Gasteiger partial charge >= 0.3 is 6.01 Å². The molecule has 0 aliphatic carbocycles. The van der Waals surface area contributed by atoms with Crippen LogP contribution < -0.4 is 20.3 Å². The van der Waals surface area contributed by atoms with Gasteiger partial charge < -0.3 is 25.0 Å². The highest BCUT2D eigenvalue weighted by Crippen LogP contribution is 2.44. The summed E-state index contributed by atoms with van der Waals surface area (Å²) in [5.41, 5.74) is 5.83. The number of phenols is 1. The van der Waals surface area contributed by atoms with Gasteiger partial charge in [0, 0.05) is 61.1 Å². The smallest absolute Gasteiger partial charge is 0.316 e. The van der Waals surface area contributed by atoms with Crippen molar-refractivity contribution in [2.45, 2.75) is 82.6 Å². The van der Waals surface area contributed by atoms with Crippen LogP contribution in [0.5, 0.6) is 11.8 Å². The molecular weight excluding hydrogens is 705 g/mol. The average Bonchev–Trinajstić information content (AvgIpc) is 3.69. The van der Waals surface area contributed by atoms with Crippen LogP contribution in [0, 0.1) is 12.7 Å². The van der Waals surface area contributed by atoms with Crippen molar-refractivity contribution in [3.05, 3.63) is 82.4 Å². The average molecular weight is 748 g/mol. The number of para-hydroxylation sites is 1. The van der Waals surface area contributed by atoms with Gasteiger partial charge in [-0.25, -0.2) is 14.4 Å². The highest BCUT2D eigenvalue weighted by Gasteiger charge is 2.47. The fourth-order valence-electron chi connectivity index (χ4n) is 8.89. The van der Waals surface area contributed by atoms with Gasteiger partial charge in [0.05, 0.1) is 23.5 Å². The number of aromatic hydroxyl groups is 1. The summed E-state index contributed by atoms with van der Waals surface area (Å²) in [7, 11) is 0. The van der Waals surface area contributed by atoms with Gasteiger partial charge in [0.2, 0.25) is 11.8 Å². The van der Waals surface area contributed by atoms with E-state index in [0.29, 0.717) is 55.1 Å². The summed E-state index contributed by atoms with van der Waals surface area (Å²) in [4.78, 5) is 53.1. The fourth-order valence-corrected chi connectivity index (χ4v) is 8.89. The minimum atomic E-state index is -0.713. The summed E-state index contributed by atoms with van der Waals surface area (Å²) in [5, 5.41) is 24.7. The van der Waals surface area contributed by atoms with Crippen LogP contribution >= 0.6 is 0 Å². The first-order chi connectivity index (χ1) is 26.5. The monoisotopic (exact) mass is 747 g/mol. The molecule has 0 bridgehead atoms. The van der Waals surface area contributed by atoms with Crippen LogP contribution in [0.2, 0.25) is 0 Å². The van der Waals surface area contributed by atoms with Crippen molar-refractivity contribution in [3.63, 3.8) is 0 Å². The number of carbonyl (C=O) groups is 3. The Kier molecular flexibility index (Phi) is 8.63. The maximum Gasteiger partial charge on any atom is 0.316 e. The van der Waals surface area contributed by atoms with Crippen molar-refractivity contribution in [2.24, 2.45) is 0 Å². The first kappa shape index (κ1) is 35.0. The molecule has 3 atom stereocenters. The Balaban J connectivity index is 0.809. The number of amides is 3. The zero-order valence-corrected chi connectivity index (χ0v) is 30.7. The predicted octanol–water partition coefficient (Wildman–Crippen LogP) is 4.07. The SMILES string of the molecule is Cc1nc(O[C@H]2CN3c4cc(-c5cccc(F)c5O)nnc4NC[C@@]3(C)C2)ncc1CN1CCC(c2ccc3c(c2)C(=O)N([C@H]2CCC(=O)NC2=O)C3)CC1. The van der Waals surface area contributed by atoms with Crippen LogP contribution in [0.4, 0.5) is 15.9 Å². The second kappa shape index (κ2) is 13.6. The summed E-state index contributed by atoms with van der Waals surface area (Å²) in [5.74, 6) is -1.04. The Bertz CT molecular complexity index is 2230. The Morgan fingerprint density at radius 1 is 1.05 bits per heavy atom. The van der Waals surface area contributed by atoms with E-state index < -0.39 is 23.5 Å². The summed E-state index contributed by atoms with van der Waals surface area (Å²) >= 11 is 0. The number of likely N-dealkylation sites (tertiary alicyclic amines) is 1. The molecule has 0 radical (unpaired) electrons. The van der Waals surface area contributed by atoms with Crippen molar-refractivity contribution in [1.29, 1.82) is 0 Å². The molecular formula is C40H42FN9O5. The molecule has 3 saturated heterocycles. The van der Waals surface area contributed by atoms with E-state index in [2.05, 4.69) is 48.6 Å². The van der Waals surface area contributed by atoms with Crippen molar-refractivity contribution in [1.82, 2.24) is 35.3 Å². The van der Waals surface area contributed by atoms with Crippen molar-refractivity contribution < 1.29 is 28.6 Å². The van der Waals surface area contributed by atoms with Gasteiger partial charge in [0.15, 0.2) is 17.4 Å². The standard InChI is InChI=1S/C40H42FN9O5/c1-22-26(18-48-12-10-23(11-13-48)24-6-7-25-19-49(38(54)29(25)14-24)32-8-9-34(51)45-37(32)53)17-42-39(44-22)55-27-16-40(2)21-43-36-33(50(40)20-27)15-31(46-47-36)28-4-3-5-30(41)35(28)52/h3-7,14-15,17,23,27,32,52H,8-13,16,18-21H2,1-2H3,(H,43,47)(H,45,51,53)/t27-,32+,40-/m1/s1. The van der Waals surface area contributed by atoms with Gasteiger partial charge in [0.25, 0.3) is 5.91 Å². The molecule has 0 spiro atoms. The lowest BCUT2D eigenvalue weighted by Gasteiger charge is -2.41. The molecule has 9 rings (SSSR count). The summed E-state index contributed by atoms with van der Waals surface area (Å²) in [6, 6.07) is 12.1. The number of piperidine rings is 2. The summed E-state index contributed by atoms with van der Waals surface area (Å²) < 4.78 is 20.5. The first-order valence-corrected chi connectivity index (χ1v) is 18.9. The van der Waals surface area contributed by atoms with E-state index >= 15 is 0 Å². The number of rotatable bonds is 7. The number of aryl methyl sites for hydroxylation is 1. The highest BCUT2D eigenvalue weighted by molar-refractivity contribution is 6.05. The van der Waals surface area contributed by atoms with Crippen molar-refractivity contribution in [3.8, 4) is 23.0 Å². The number of aromatic nitrogens is 4. The normalized spacial score (nSPS) is 23.9. The van der Waals surface area contributed by atoms with Crippen LogP contribution in [-0.4, -0.2) is 96.7 Å². The van der Waals surface area contributed by atoms with Crippen molar-refractivity contribution >= 4 is 29.2 Å². The van der Waals surface area contributed by atoms with Crippen molar-refractivity contribution in [2.75, 3.05) is 36.4 Å². The van der Waals surface area contributed by atoms with Gasteiger partial charge in [-0.2, -0.15) is 0 Å². The molecule has 5 aliphatic heterocycles. The van der Waals surface area contributed by atoms with E-state index in [4.69, 9.17) is 9.72 Å². The van der Waals surface area contributed by atoms with Crippen LogP contribution in [0.15, 0.2) is 48.7 Å². The lowest BCUT2D eigenvalue weighted by Crippen LogP contribution is -2.52. The van der Waals surface area contributed by atoms with Gasteiger partial charge in [-0.1, -0.05) is 18.2 Å². The quantitative estimate of drug-likeness (QED) is 0.233.